The Labute approximate surface area is 113 Å². The fourth-order valence-electron chi connectivity index (χ4n) is 2.16. The van der Waals surface area contributed by atoms with Gasteiger partial charge in [0.25, 0.3) is 0 Å². The lowest BCUT2D eigenvalue weighted by Crippen LogP contribution is -2.44. The van der Waals surface area contributed by atoms with Crippen molar-refractivity contribution in [2.45, 2.75) is 6.04 Å². The van der Waals surface area contributed by atoms with Crippen LogP contribution in [0.3, 0.4) is 0 Å². The van der Waals surface area contributed by atoms with E-state index in [0.717, 1.165) is 31.7 Å². The van der Waals surface area contributed by atoms with E-state index in [-0.39, 0.29) is 24.2 Å². The summed E-state index contributed by atoms with van der Waals surface area (Å²) in [4.78, 5) is 2.25. The smallest absolute Gasteiger partial charge is 0.165 e. The predicted molar refractivity (Wildman–Crippen MR) is 72.7 cm³/mol. The van der Waals surface area contributed by atoms with Gasteiger partial charge >= 0.3 is 0 Å². The molecule has 18 heavy (non-hydrogen) atoms. The first kappa shape index (κ1) is 15.0. The van der Waals surface area contributed by atoms with Crippen LogP contribution in [0.4, 0.5) is 4.39 Å². The summed E-state index contributed by atoms with van der Waals surface area (Å²) in [6.45, 7) is 7.52. The molecule has 0 aromatic heterocycles. The molecule has 5 heteroatoms. The Hall–Kier alpha value is -1.10. The van der Waals surface area contributed by atoms with E-state index in [1.54, 1.807) is 6.07 Å². The lowest BCUT2D eigenvalue weighted by molar-refractivity contribution is 0.203. The van der Waals surface area contributed by atoms with Gasteiger partial charge in [-0.25, -0.2) is 4.39 Å². The van der Waals surface area contributed by atoms with Gasteiger partial charge in [-0.3, -0.25) is 4.90 Å². The van der Waals surface area contributed by atoms with Crippen LogP contribution in [0.15, 0.2) is 30.9 Å². The summed E-state index contributed by atoms with van der Waals surface area (Å²) >= 11 is 0. The van der Waals surface area contributed by atoms with Crippen LogP contribution >= 0.6 is 12.4 Å². The molecule has 0 aliphatic carbocycles. The van der Waals surface area contributed by atoms with Gasteiger partial charge < -0.3 is 10.4 Å². The molecule has 0 spiro atoms. The molecule has 1 fully saturated rings. The van der Waals surface area contributed by atoms with Gasteiger partial charge in [-0.1, -0.05) is 12.1 Å². The Balaban J connectivity index is 0.00000162. The molecule has 1 aliphatic rings. The maximum Gasteiger partial charge on any atom is 0.165 e. The quantitative estimate of drug-likeness (QED) is 0.827. The molecule has 3 nitrogen and oxygen atoms in total. The number of phenols is 1. The van der Waals surface area contributed by atoms with E-state index in [0.29, 0.717) is 0 Å². The van der Waals surface area contributed by atoms with Crippen molar-refractivity contribution >= 4 is 12.4 Å². The lowest BCUT2D eigenvalue weighted by atomic mass is 10.0. The predicted octanol–water partition coefficient (Wildman–Crippen LogP) is 2.09. The van der Waals surface area contributed by atoms with Gasteiger partial charge in [-0.15, -0.1) is 19.0 Å². The largest absolute Gasteiger partial charge is 0.505 e. The second-order valence-corrected chi connectivity index (χ2v) is 4.18. The molecule has 1 saturated heterocycles. The summed E-state index contributed by atoms with van der Waals surface area (Å²) in [5.74, 6) is -0.888. The van der Waals surface area contributed by atoms with Crippen molar-refractivity contribution in [3.63, 3.8) is 0 Å². The monoisotopic (exact) mass is 272 g/mol. The Kier molecular flexibility index (Phi) is 5.59. The highest BCUT2D eigenvalue weighted by Gasteiger charge is 2.20. The topological polar surface area (TPSA) is 35.5 Å². The molecule has 0 saturated carbocycles. The Morgan fingerprint density at radius 1 is 1.39 bits per heavy atom. The average Bonchev–Trinajstić information content (AvgIpc) is 2.36. The third-order valence-corrected chi connectivity index (χ3v) is 3.08. The Bertz CT molecular complexity index is 408. The van der Waals surface area contributed by atoms with Crippen LogP contribution in [0.5, 0.6) is 5.75 Å². The van der Waals surface area contributed by atoms with E-state index in [1.165, 1.54) is 12.1 Å². The minimum Gasteiger partial charge on any atom is -0.505 e. The number of hydrogen-bond acceptors (Lipinski definition) is 3. The van der Waals surface area contributed by atoms with E-state index in [1.807, 2.05) is 6.08 Å². The zero-order valence-corrected chi connectivity index (χ0v) is 10.9. The Morgan fingerprint density at radius 3 is 2.61 bits per heavy atom. The van der Waals surface area contributed by atoms with Gasteiger partial charge in [0, 0.05) is 26.2 Å². The minimum absolute atomic E-state index is 0. The molecule has 1 heterocycles. The van der Waals surface area contributed by atoms with Gasteiger partial charge in [-0.05, 0) is 17.7 Å². The van der Waals surface area contributed by atoms with Crippen LogP contribution in [0.25, 0.3) is 0 Å². The van der Waals surface area contributed by atoms with Crippen LogP contribution in [-0.2, 0) is 0 Å². The number of halogens is 2. The molecule has 0 amide bonds. The SMILES string of the molecule is C=C[C@@H](c1ccc(O)c(F)c1)N1CCNCC1.Cl. The fraction of sp³-hybridized carbons (Fsp3) is 0.385. The molecular weight excluding hydrogens is 255 g/mol. The highest BCUT2D eigenvalue weighted by molar-refractivity contribution is 5.85. The van der Waals surface area contributed by atoms with E-state index >= 15 is 0 Å². The Morgan fingerprint density at radius 2 is 2.06 bits per heavy atom. The summed E-state index contributed by atoms with van der Waals surface area (Å²) in [5.41, 5.74) is 0.831. The van der Waals surface area contributed by atoms with Crippen molar-refractivity contribution in [1.29, 1.82) is 0 Å². The summed E-state index contributed by atoms with van der Waals surface area (Å²) in [6, 6.07) is 4.52. The molecule has 1 atom stereocenters. The number of nitrogens with zero attached hydrogens (tertiary/aromatic N) is 1. The van der Waals surface area contributed by atoms with Crippen LogP contribution in [0, 0.1) is 5.82 Å². The number of aromatic hydroxyl groups is 1. The van der Waals surface area contributed by atoms with Crippen molar-refractivity contribution < 1.29 is 9.50 Å². The van der Waals surface area contributed by atoms with E-state index in [9.17, 15) is 9.50 Å². The maximum absolute atomic E-state index is 13.3. The van der Waals surface area contributed by atoms with Crippen molar-refractivity contribution in [1.82, 2.24) is 10.2 Å². The zero-order valence-electron chi connectivity index (χ0n) is 10.1. The van der Waals surface area contributed by atoms with Crippen molar-refractivity contribution in [3.8, 4) is 5.75 Å². The van der Waals surface area contributed by atoms with E-state index in [2.05, 4.69) is 16.8 Å². The maximum atomic E-state index is 13.3. The molecule has 100 valence electrons. The summed E-state index contributed by atoms with van der Waals surface area (Å²) < 4.78 is 13.3. The summed E-state index contributed by atoms with van der Waals surface area (Å²) in [7, 11) is 0. The first-order chi connectivity index (χ1) is 8.22. The van der Waals surface area contributed by atoms with Crippen molar-refractivity contribution in [3.05, 3.63) is 42.2 Å². The molecule has 1 aliphatic heterocycles. The van der Waals surface area contributed by atoms with Gasteiger partial charge in [0.15, 0.2) is 11.6 Å². The third kappa shape index (κ3) is 3.22. The molecule has 1 aromatic rings. The molecule has 0 radical (unpaired) electrons. The first-order valence-electron chi connectivity index (χ1n) is 5.78. The van der Waals surface area contributed by atoms with Crippen LogP contribution in [0.1, 0.15) is 11.6 Å². The highest BCUT2D eigenvalue weighted by atomic mass is 35.5. The fourth-order valence-corrected chi connectivity index (χ4v) is 2.16. The number of piperazine rings is 1. The summed E-state index contributed by atoms with van der Waals surface area (Å²) in [5, 5.41) is 12.5. The lowest BCUT2D eigenvalue weighted by Gasteiger charge is -2.33. The first-order valence-corrected chi connectivity index (χ1v) is 5.78. The minimum atomic E-state index is -0.579. The highest BCUT2D eigenvalue weighted by Crippen LogP contribution is 2.26. The van der Waals surface area contributed by atoms with Gasteiger partial charge in [0.1, 0.15) is 0 Å². The molecule has 0 bridgehead atoms. The number of phenolic OH excluding ortho intramolecular Hbond substituents is 1. The standard InChI is InChI=1S/C13H17FN2O.ClH/c1-2-12(16-7-5-15-6-8-16)10-3-4-13(17)11(14)9-10;/h2-4,9,12,15,17H,1,5-8H2;1H/t12-;/m0./s1. The van der Waals surface area contributed by atoms with Crippen molar-refractivity contribution in [2.75, 3.05) is 26.2 Å². The number of benzene rings is 1. The van der Waals surface area contributed by atoms with Gasteiger partial charge in [0.2, 0.25) is 0 Å². The normalized spacial score (nSPS) is 17.8. The average molecular weight is 273 g/mol. The van der Waals surface area contributed by atoms with Crippen LogP contribution < -0.4 is 5.32 Å². The van der Waals surface area contributed by atoms with E-state index in [4.69, 9.17) is 0 Å². The molecule has 1 aromatic carbocycles. The molecule has 0 unspecified atom stereocenters. The second kappa shape index (κ2) is 6.73. The zero-order chi connectivity index (χ0) is 12.3. The number of hydrogen-bond donors (Lipinski definition) is 2. The molecule has 2 rings (SSSR count). The summed E-state index contributed by atoms with van der Waals surface area (Å²) in [6.07, 6.45) is 1.82. The number of nitrogens with one attached hydrogen (secondary N) is 1. The van der Waals surface area contributed by atoms with Gasteiger partial charge in [0.05, 0.1) is 6.04 Å². The molecule has 2 N–H and O–H groups in total. The van der Waals surface area contributed by atoms with Crippen LogP contribution in [0.2, 0.25) is 0 Å². The van der Waals surface area contributed by atoms with E-state index < -0.39 is 5.82 Å². The molecular formula is C13H18ClFN2O. The van der Waals surface area contributed by atoms with Gasteiger partial charge in [-0.2, -0.15) is 0 Å². The van der Waals surface area contributed by atoms with Crippen LogP contribution in [-0.4, -0.2) is 36.2 Å². The number of rotatable bonds is 3. The second-order valence-electron chi connectivity index (χ2n) is 4.18. The third-order valence-electron chi connectivity index (χ3n) is 3.08. The van der Waals surface area contributed by atoms with Crippen molar-refractivity contribution in [2.24, 2.45) is 0 Å².